The zero-order valence-electron chi connectivity index (χ0n) is 11.9. The molecule has 0 heterocycles. The van der Waals surface area contributed by atoms with E-state index < -0.39 is 0 Å². The van der Waals surface area contributed by atoms with E-state index in [1.807, 2.05) is 6.07 Å². The van der Waals surface area contributed by atoms with Crippen molar-refractivity contribution in [2.75, 3.05) is 0 Å². The van der Waals surface area contributed by atoms with Gasteiger partial charge in [0.2, 0.25) is 0 Å². The Labute approximate surface area is 137 Å². The average Bonchev–Trinajstić information content (AvgIpc) is 2.40. The van der Waals surface area contributed by atoms with E-state index in [-0.39, 0.29) is 0 Å². The van der Waals surface area contributed by atoms with Gasteiger partial charge in [-0.2, -0.15) is 0 Å². The fraction of sp³-hybridized carbons (Fsp3) is 0.294. The van der Waals surface area contributed by atoms with Crippen LogP contribution in [0.5, 0.6) is 11.5 Å². The van der Waals surface area contributed by atoms with E-state index in [4.69, 9.17) is 4.74 Å². The van der Waals surface area contributed by atoms with Gasteiger partial charge in [0.1, 0.15) is 11.5 Å². The van der Waals surface area contributed by atoms with Crippen molar-refractivity contribution in [1.82, 2.24) is 0 Å². The lowest BCUT2D eigenvalue weighted by Gasteiger charge is -2.15. The Morgan fingerprint density at radius 1 is 1.05 bits per heavy atom. The van der Waals surface area contributed by atoms with Crippen molar-refractivity contribution >= 4 is 31.9 Å². The summed E-state index contributed by atoms with van der Waals surface area (Å²) in [6.45, 7) is 6.45. The molecule has 0 unspecified atom stereocenters. The zero-order chi connectivity index (χ0) is 14.7. The normalized spacial score (nSPS) is 10.9. The molecule has 2 aromatic carbocycles. The topological polar surface area (TPSA) is 9.23 Å². The van der Waals surface area contributed by atoms with Crippen LogP contribution in [0, 0.1) is 6.92 Å². The third-order valence-electron chi connectivity index (χ3n) is 3.16. The molecule has 3 heteroatoms. The minimum absolute atomic E-state index is 0.436. The first-order chi connectivity index (χ1) is 9.51. The van der Waals surface area contributed by atoms with Crippen LogP contribution in [0.25, 0.3) is 0 Å². The summed E-state index contributed by atoms with van der Waals surface area (Å²) in [6.07, 6.45) is 0. The van der Waals surface area contributed by atoms with Crippen molar-refractivity contribution in [3.05, 3.63) is 57.6 Å². The number of hydrogen-bond donors (Lipinski definition) is 0. The van der Waals surface area contributed by atoms with Gasteiger partial charge in [-0.3, -0.25) is 0 Å². The van der Waals surface area contributed by atoms with Crippen molar-refractivity contribution in [3.63, 3.8) is 0 Å². The van der Waals surface area contributed by atoms with Crippen LogP contribution in [0.3, 0.4) is 0 Å². The van der Waals surface area contributed by atoms with Crippen LogP contribution >= 0.6 is 31.9 Å². The summed E-state index contributed by atoms with van der Waals surface area (Å²) in [5, 5.41) is 0.841. The highest BCUT2D eigenvalue weighted by molar-refractivity contribution is 9.10. The van der Waals surface area contributed by atoms with E-state index in [1.54, 1.807) is 0 Å². The second-order valence-electron chi connectivity index (χ2n) is 5.20. The fourth-order valence-corrected chi connectivity index (χ4v) is 2.89. The molecule has 0 aliphatic heterocycles. The molecule has 1 nitrogen and oxygen atoms in total. The molecule has 0 aliphatic carbocycles. The number of ether oxygens (including phenoxy) is 1. The second-order valence-corrected chi connectivity index (χ2v) is 6.61. The lowest BCUT2D eigenvalue weighted by atomic mass is 10.0. The molecule has 0 bridgehead atoms. The van der Waals surface area contributed by atoms with Crippen molar-refractivity contribution in [2.45, 2.75) is 32.0 Å². The van der Waals surface area contributed by atoms with E-state index in [0.29, 0.717) is 5.92 Å². The second kappa shape index (κ2) is 6.77. The molecular formula is C17H18Br2O. The van der Waals surface area contributed by atoms with Gasteiger partial charge in [0.25, 0.3) is 0 Å². The summed E-state index contributed by atoms with van der Waals surface area (Å²) in [4.78, 5) is 0. The highest BCUT2D eigenvalue weighted by Gasteiger charge is 2.11. The fourth-order valence-electron chi connectivity index (χ4n) is 2.04. The molecule has 106 valence electrons. The number of halogens is 2. The number of alkyl halides is 1. The van der Waals surface area contributed by atoms with Crippen molar-refractivity contribution in [1.29, 1.82) is 0 Å². The lowest BCUT2D eigenvalue weighted by molar-refractivity contribution is 0.469. The lowest BCUT2D eigenvalue weighted by Crippen LogP contribution is -1.95. The highest BCUT2D eigenvalue weighted by atomic mass is 79.9. The van der Waals surface area contributed by atoms with Gasteiger partial charge in [-0.05, 0) is 63.7 Å². The third-order valence-corrected chi connectivity index (χ3v) is 4.43. The minimum atomic E-state index is 0.436. The monoisotopic (exact) mass is 396 g/mol. The Kier molecular flexibility index (Phi) is 5.28. The van der Waals surface area contributed by atoms with Gasteiger partial charge in [-0.1, -0.05) is 48.0 Å². The Bertz CT molecular complexity index is 606. The van der Waals surface area contributed by atoms with Crippen LogP contribution in [0.1, 0.15) is 36.5 Å². The van der Waals surface area contributed by atoms with Crippen LogP contribution in [0.2, 0.25) is 0 Å². The number of rotatable bonds is 4. The maximum absolute atomic E-state index is 6.12. The number of aryl methyl sites for hydroxylation is 1. The summed E-state index contributed by atoms with van der Waals surface area (Å²) in [5.74, 6) is 2.22. The van der Waals surface area contributed by atoms with Crippen LogP contribution in [-0.4, -0.2) is 0 Å². The predicted octanol–water partition coefficient (Wildman–Crippen LogP) is 6.57. The van der Waals surface area contributed by atoms with Crippen LogP contribution in [0.15, 0.2) is 40.9 Å². The molecule has 20 heavy (non-hydrogen) atoms. The molecule has 0 aliphatic rings. The van der Waals surface area contributed by atoms with Crippen LogP contribution in [-0.2, 0) is 5.33 Å². The molecule has 2 aromatic rings. The molecule has 0 atom stereocenters. The molecule has 0 fully saturated rings. The summed E-state index contributed by atoms with van der Waals surface area (Å²) in [6, 6.07) is 12.5. The molecule has 0 aromatic heterocycles. The Morgan fingerprint density at radius 3 is 2.40 bits per heavy atom. The van der Waals surface area contributed by atoms with Gasteiger partial charge in [0, 0.05) is 5.33 Å². The predicted molar refractivity (Wildman–Crippen MR) is 92.1 cm³/mol. The van der Waals surface area contributed by atoms with E-state index in [2.05, 4.69) is 83.0 Å². The Morgan fingerprint density at radius 2 is 1.80 bits per heavy atom. The molecule has 0 saturated heterocycles. The van der Waals surface area contributed by atoms with Crippen LogP contribution < -0.4 is 4.74 Å². The Balaban J connectivity index is 2.36. The number of benzene rings is 2. The van der Waals surface area contributed by atoms with Gasteiger partial charge in [0.05, 0.1) is 4.47 Å². The zero-order valence-corrected chi connectivity index (χ0v) is 15.1. The van der Waals surface area contributed by atoms with Gasteiger partial charge >= 0.3 is 0 Å². The maximum Gasteiger partial charge on any atom is 0.141 e. The molecule has 0 saturated carbocycles. The standard InChI is InChI=1S/C17H18Br2O/c1-11(2)14-6-4-12(3)8-17(14)20-16-7-5-13(10-18)9-15(16)19/h4-9,11H,10H2,1-3H3. The minimum Gasteiger partial charge on any atom is -0.456 e. The first-order valence-electron chi connectivity index (χ1n) is 6.64. The summed E-state index contributed by atoms with van der Waals surface area (Å²) in [5.41, 5.74) is 3.65. The average molecular weight is 398 g/mol. The van der Waals surface area contributed by atoms with E-state index in [9.17, 15) is 0 Å². The van der Waals surface area contributed by atoms with Gasteiger partial charge in [0.15, 0.2) is 0 Å². The molecule has 0 radical (unpaired) electrons. The third kappa shape index (κ3) is 3.64. The molecule has 0 N–H and O–H groups in total. The van der Waals surface area contributed by atoms with Gasteiger partial charge in [-0.15, -0.1) is 0 Å². The highest BCUT2D eigenvalue weighted by Crippen LogP contribution is 2.35. The summed E-state index contributed by atoms with van der Waals surface area (Å²) < 4.78 is 7.10. The van der Waals surface area contributed by atoms with Crippen molar-refractivity contribution < 1.29 is 4.74 Å². The summed E-state index contributed by atoms with van der Waals surface area (Å²) in [7, 11) is 0. The van der Waals surface area contributed by atoms with Crippen molar-refractivity contribution in [2.24, 2.45) is 0 Å². The number of hydrogen-bond acceptors (Lipinski definition) is 1. The molecular weight excluding hydrogens is 380 g/mol. The smallest absolute Gasteiger partial charge is 0.141 e. The SMILES string of the molecule is Cc1ccc(C(C)C)c(Oc2ccc(CBr)cc2Br)c1. The maximum atomic E-state index is 6.12. The van der Waals surface area contributed by atoms with Gasteiger partial charge < -0.3 is 4.74 Å². The van der Waals surface area contributed by atoms with Crippen LogP contribution in [0.4, 0.5) is 0 Å². The first kappa shape index (κ1) is 15.6. The summed E-state index contributed by atoms with van der Waals surface area (Å²) >= 11 is 7.04. The Hall–Kier alpha value is -0.800. The van der Waals surface area contributed by atoms with E-state index >= 15 is 0 Å². The first-order valence-corrected chi connectivity index (χ1v) is 8.55. The molecule has 0 spiro atoms. The van der Waals surface area contributed by atoms with E-state index in [0.717, 1.165) is 21.3 Å². The van der Waals surface area contributed by atoms with E-state index in [1.165, 1.54) is 16.7 Å². The molecule has 0 amide bonds. The van der Waals surface area contributed by atoms with Crippen molar-refractivity contribution in [3.8, 4) is 11.5 Å². The quantitative estimate of drug-likeness (QED) is 0.530. The van der Waals surface area contributed by atoms with Gasteiger partial charge in [-0.25, -0.2) is 0 Å². The largest absolute Gasteiger partial charge is 0.456 e. The molecule has 2 rings (SSSR count).